The Labute approximate surface area is 71.1 Å². The van der Waals surface area contributed by atoms with Crippen molar-refractivity contribution in [2.24, 2.45) is 11.7 Å². The smallest absolute Gasteiger partial charge is 0.213 e. The average molecular weight is 167 g/mol. The Hall–Kier alpha value is -0.900. The number of nitrogens with two attached hydrogens (primary N) is 1. The van der Waals surface area contributed by atoms with Crippen molar-refractivity contribution >= 4 is 0 Å². The number of aromatic nitrogens is 2. The van der Waals surface area contributed by atoms with Crippen molar-refractivity contribution in [3.05, 3.63) is 12.2 Å². The van der Waals surface area contributed by atoms with Crippen molar-refractivity contribution in [2.75, 3.05) is 0 Å². The Morgan fingerprint density at radius 2 is 2.50 bits per heavy atom. The minimum Gasteiger partial charge on any atom is -0.343 e. The molecule has 0 bridgehead atoms. The molecule has 1 heterocycles. The summed E-state index contributed by atoms with van der Waals surface area (Å²) in [6.45, 7) is 2.06. The number of hydrogen-bond acceptors (Lipinski definition) is 4. The highest BCUT2D eigenvalue weighted by Crippen LogP contribution is 2.44. The van der Waals surface area contributed by atoms with Gasteiger partial charge in [0.15, 0.2) is 5.82 Å². The number of nitrogens with zero attached hydrogens (tertiary/aromatic N) is 2. The molecule has 0 spiro atoms. The zero-order valence-corrected chi connectivity index (χ0v) is 7.16. The lowest BCUT2D eigenvalue weighted by atomic mass is 9.91. The van der Waals surface area contributed by atoms with E-state index in [0.29, 0.717) is 11.7 Å². The summed E-state index contributed by atoms with van der Waals surface area (Å²) in [5.74, 6) is 1.22. The predicted molar refractivity (Wildman–Crippen MR) is 43.2 cm³/mol. The zero-order valence-electron chi connectivity index (χ0n) is 7.16. The quantitative estimate of drug-likeness (QED) is 0.730. The maximum Gasteiger partial charge on any atom is 0.213 e. The van der Waals surface area contributed by atoms with Crippen molar-refractivity contribution in [1.82, 2.24) is 10.1 Å². The van der Waals surface area contributed by atoms with Crippen LogP contribution in [-0.4, -0.2) is 10.1 Å². The summed E-state index contributed by atoms with van der Waals surface area (Å²) < 4.78 is 4.70. The van der Waals surface area contributed by atoms with E-state index < -0.39 is 0 Å². The van der Waals surface area contributed by atoms with Gasteiger partial charge in [0.2, 0.25) is 6.39 Å². The van der Waals surface area contributed by atoms with Crippen LogP contribution >= 0.6 is 0 Å². The molecule has 0 saturated heterocycles. The third-order valence-corrected chi connectivity index (χ3v) is 2.67. The largest absolute Gasteiger partial charge is 0.343 e. The minimum atomic E-state index is -0.340. The fourth-order valence-corrected chi connectivity index (χ4v) is 1.60. The van der Waals surface area contributed by atoms with E-state index in [1.54, 1.807) is 0 Å². The molecule has 1 aromatic rings. The van der Waals surface area contributed by atoms with Crippen LogP contribution < -0.4 is 5.73 Å². The van der Waals surface area contributed by atoms with Crippen LogP contribution in [0.4, 0.5) is 0 Å². The second kappa shape index (κ2) is 2.55. The van der Waals surface area contributed by atoms with Crippen molar-refractivity contribution in [1.29, 1.82) is 0 Å². The molecule has 2 N–H and O–H groups in total. The lowest BCUT2D eigenvalue weighted by Crippen LogP contribution is -2.39. The van der Waals surface area contributed by atoms with Crippen molar-refractivity contribution in [2.45, 2.75) is 31.7 Å². The van der Waals surface area contributed by atoms with Crippen LogP contribution in [0.3, 0.4) is 0 Å². The van der Waals surface area contributed by atoms with Crippen LogP contribution in [0.2, 0.25) is 0 Å². The van der Waals surface area contributed by atoms with Gasteiger partial charge < -0.3 is 10.3 Å². The Morgan fingerprint density at radius 1 is 1.75 bits per heavy atom. The molecule has 4 nitrogen and oxygen atoms in total. The van der Waals surface area contributed by atoms with Crippen molar-refractivity contribution in [3.63, 3.8) is 0 Å². The molecule has 0 radical (unpaired) electrons. The second-order valence-electron chi connectivity index (χ2n) is 3.42. The highest BCUT2D eigenvalue weighted by molar-refractivity contribution is 5.09. The van der Waals surface area contributed by atoms with Gasteiger partial charge in [0, 0.05) is 0 Å². The first kappa shape index (κ1) is 7.73. The molecule has 1 unspecified atom stereocenters. The molecule has 4 heteroatoms. The van der Waals surface area contributed by atoms with Gasteiger partial charge in [-0.1, -0.05) is 12.1 Å². The molecular formula is C8H13N3O. The first-order valence-corrected chi connectivity index (χ1v) is 4.33. The van der Waals surface area contributed by atoms with Gasteiger partial charge in [0.05, 0.1) is 5.54 Å². The lowest BCUT2D eigenvalue weighted by molar-refractivity contribution is 0.321. The molecule has 1 aliphatic carbocycles. The van der Waals surface area contributed by atoms with Gasteiger partial charge in [-0.25, -0.2) is 0 Å². The van der Waals surface area contributed by atoms with Crippen LogP contribution in [-0.2, 0) is 5.54 Å². The molecule has 0 amide bonds. The van der Waals surface area contributed by atoms with E-state index in [9.17, 15) is 0 Å². The Balaban J connectivity index is 2.27. The summed E-state index contributed by atoms with van der Waals surface area (Å²) in [4.78, 5) is 4.02. The van der Waals surface area contributed by atoms with Gasteiger partial charge >= 0.3 is 0 Å². The molecule has 1 aliphatic rings. The minimum absolute atomic E-state index is 0.340. The van der Waals surface area contributed by atoms with E-state index in [-0.39, 0.29) is 5.54 Å². The van der Waals surface area contributed by atoms with Crippen LogP contribution in [0.15, 0.2) is 10.9 Å². The molecule has 12 heavy (non-hydrogen) atoms. The Bertz CT molecular complexity index is 255. The van der Waals surface area contributed by atoms with Crippen molar-refractivity contribution in [3.8, 4) is 0 Å². The zero-order chi connectivity index (χ0) is 8.60. The summed E-state index contributed by atoms with van der Waals surface area (Å²) in [5.41, 5.74) is 5.84. The highest BCUT2D eigenvalue weighted by Gasteiger charge is 2.45. The van der Waals surface area contributed by atoms with Crippen LogP contribution in [0.25, 0.3) is 0 Å². The summed E-state index contributed by atoms with van der Waals surface area (Å²) >= 11 is 0. The highest BCUT2D eigenvalue weighted by atomic mass is 16.5. The Kier molecular flexibility index (Phi) is 1.65. The molecule has 1 fully saturated rings. The first-order valence-electron chi connectivity index (χ1n) is 4.33. The third-order valence-electron chi connectivity index (χ3n) is 2.67. The maximum atomic E-state index is 6.18. The summed E-state index contributed by atoms with van der Waals surface area (Å²) in [5, 5.41) is 3.81. The predicted octanol–water partition coefficient (Wildman–Crippen LogP) is 1.04. The lowest BCUT2D eigenvalue weighted by Gasteiger charge is -2.23. The van der Waals surface area contributed by atoms with E-state index in [0.717, 1.165) is 6.42 Å². The van der Waals surface area contributed by atoms with Crippen LogP contribution in [0.1, 0.15) is 32.0 Å². The molecule has 1 atom stereocenters. The fraction of sp³-hybridized carbons (Fsp3) is 0.750. The molecule has 66 valence electrons. The SMILES string of the molecule is CCC(N)(c1ncon1)C1CC1. The number of hydrogen-bond donors (Lipinski definition) is 1. The van der Waals surface area contributed by atoms with Gasteiger partial charge in [-0.05, 0) is 25.2 Å². The number of rotatable bonds is 3. The Morgan fingerprint density at radius 3 is 2.92 bits per heavy atom. The molecule has 1 saturated carbocycles. The monoisotopic (exact) mass is 167 g/mol. The topological polar surface area (TPSA) is 64.9 Å². The van der Waals surface area contributed by atoms with E-state index in [1.165, 1.54) is 19.2 Å². The van der Waals surface area contributed by atoms with Crippen LogP contribution in [0, 0.1) is 5.92 Å². The van der Waals surface area contributed by atoms with Gasteiger partial charge in [-0.3, -0.25) is 0 Å². The molecule has 0 aliphatic heterocycles. The molecular weight excluding hydrogens is 154 g/mol. The maximum absolute atomic E-state index is 6.18. The average Bonchev–Trinajstić information content (AvgIpc) is 2.80. The molecule has 0 aromatic carbocycles. The summed E-state index contributed by atoms with van der Waals surface area (Å²) in [7, 11) is 0. The van der Waals surface area contributed by atoms with Crippen molar-refractivity contribution < 1.29 is 4.52 Å². The fourth-order valence-electron chi connectivity index (χ4n) is 1.60. The first-order chi connectivity index (χ1) is 5.77. The second-order valence-corrected chi connectivity index (χ2v) is 3.42. The van der Waals surface area contributed by atoms with Gasteiger partial charge in [0.25, 0.3) is 0 Å². The molecule has 2 rings (SSSR count). The van der Waals surface area contributed by atoms with E-state index in [2.05, 4.69) is 17.1 Å². The summed E-state index contributed by atoms with van der Waals surface area (Å²) in [6, 6.07) is 0. The molecule has 1 aromatic heterocycles. The summed E-state index contributed by atoms with van der Waals surface area (Å²) in [6.07, 6.45) is 4.60. The van der Waals surface area contributed by atoms with E-state index in [4.69, 9.17) is 10.3 Å². The van der Waals surface area contributed by atoms with Crippen LogP contribution in [0.5, 0.6) is 0 Å². The normalized spacial score (nSPS) is 22.2. The standard InChI is InChI=1S/C8H13N3O/c1-2-8(9,6-3-4-6)7-10-5-12-11-7/h5-6H,2-4,9H2,1H3. The van der Waals surface area contributed by atoms with E-state index >= 15 is 0 Å². The third kappa shape index (κ3) is 1.03. The van der Waals surface area contributed by atoms with E-state index in [1.807, 2.05) is 0 Å². The van der Waals surface area contributed by atoms with Gasteiger partial charge in [-0.15, -0.1) is 0 Å². The van der Waals surface area contributed by atoms with Gasteiger partial charge in [-0.2, -0.15) is 4.98 Å². The van der Waals surface area contributed by atoms with Gasteiger partial charge in [0.1, 0.15) is 0 Å².